The highest BCUT2D eigenvalue weighted by molar-refractivity contribution is 5.80. The van der Waals surface area contributed by atoms with Crippen LogP contribution < -0.4 is 14.8 Å². The fraction of sp³-hybridized carbons (Fsp3) is 0.250. The van der Waals surface area contributed by atoms with Gasteiger partial charge in [-0.2, -0.15) is 4.52 Å². The molecule has 0 saturated heterocycles. The van der Waals surface area contributed by atoms with E-state index < -0.39 is 6.10 Å². The van der Waals surface area contributed by atoms with E-state index in [0.717, 1.165) is 11.1 Å². The zero-order chi connectivity index (χ0) is 22.5. The lowest BCUT2D eigenvalue weighted by atomic mass is 10.1. The molecular weight excluding hydrogens is 406 g/mol. The molecule has 0 spiro atoms. The van der Waals surface area contributed by atoms with Crippen LogP contribution >= 0.6 is 0 Å². The molecular formula is C24H25N5O3. The van der Waals surface area contributed by atoms with E-state index in [1.807, 2.05) is 62.4 Å². The van der Waals surface area contributed by atoms with Gasteiger partial charge in [0.2, 0.25) is 5.88 Å². The molecule has 2 aromatic carbocycles. The summed E-state index contributed by atoms with van der Waals surface area (Å²) in [6, 6.07) is 19.0. The first kappa shape index (κ1) is 21.3. The lowest BCUT2D eigenvalue weighted by molar-refractivity contribution is -0.127. The van der Waals surface area contributed by atoms with E-state index in [9.17, 15) is 4.79 Å². The van der Waals surface area contributed by atoms with Crippen molar-refractivity contribution in [3.8, 4) is 23.0 Å². The third kappa shape index (κ3) is 4.85. The molecule has 0 bridgehead atoms. The van der Waals surface area contributed by atoms with E-state index in [-0.39, 0.29) is 12.5 Å². The monoisotopic (exact) mass is 431 g/mol. The molecule has 0 unspecified atom stereocenters. The summed E-state index contributed by atoms with van der Waals surface area (Å²) in [5.41, 5.74) is 3.84. The van der Waals surface area contributed by atoms with Gasteiger partial charge in [-0.15, -0.1) is 15.3 Å². The summed E-state index contributed by atoms with van der Waals surface area (Å²) < 4.78 is 13.1. The van der Waals surface area contributed by atoms with Crippen LogP contribution in [0.15, 0.2) is 60.7 Å². The van der Waals surface area contributed by atoms with Gasteiger partial charge in [0.25, 0.3) is 5.91 Å². The average Bonchev–Trinajstić information content (AvgIpc) is 3.23. The molecule has 0 saturated carbocycles. The maximum atomic E-state index is 12.3. The van der Waals surface area contributed by atoms with Crippen molar-refractivity contribution in [1.29, 1.82) is 0 Å². The number of nitrogens with zero attached hydrogens (tertiary/aromatic N) is 4. The number of aryl methyl sites for hydroxylation is 2. The van der Waals surface area contributed by atoms with Crippen molar-refractivity contribution in [2.24, 2.45) is 0 Å². The molecule has 164 valence electrons. The van der Waals surface area contributed by atoms with Crippen LogP contribution in [0.4, 0.5) is 0 Å². The first-order valence-corrected chi connectivity index (χ1v) is 10.4. The minimum Gasteiger partial charge on any atom is -0.481 e. The fourth-order valence-corrected chi connectivity index (χ4v) is 3.13. The lowest BCUT2D eigenvalue weighted by Gasteiger charge is -2.15. The second-order valence-electron chi connectivity index (χ2n) is 7.48. The maximum absolute atomic E-state index is 12.3. The summed E-state index contributed by atoms with van der Waals surface area (Å²) in [4.78, 5) is 12.3. The third-order valence-corrected chi connectivity index (χ3v) is 5.08. The molecule has 0 aliphatic rings. The van der Waals surface area contributed by atoms with Gasteiger partial charge in [0.05, 0.1) is 6.54 Å². The highest BCUT2D eigenvalue weighted by atomic mass is 16.5. The van der Waals surface area contributed by atoms with E-state index in [1.165, 1.54) is 5.56 Å². The first-order valence-electron chi connectivity index (χ1n) is 10.4. The SMILES string of the molecule is Cc1ccc(O[C@@H](C)C(=O)NCCOc2ccc3nnc(-c4ccccc4)n3n2)cc1C. The molecule has 4 rings (SSSR count). The van der Waals surface area contributed by atoms with Gasteiger partial charge in [0, 0.05) is 11.6 Å². The van der Waals surface area contributed by atoms with Gasteiger partial charge >= 0.3 is 0 Å². The zero-order valence-corrected chi connectivity index (χ0v) is 18.3. The summed E-state index contributed by atoms with van der Waals surface area (Å²) in [5, 5.41) is 15.6. The summed E-state index contributed by atoms with van der Waals surface area (Å²) >= 11 is 0. The smallest absolute Gasteiger partial charge is 0.260 e. The van der Waals surface area contributed by atoms with Crippen molar-refractivity contribution in [2.75, 3.05) is 13.2 Å². The van der Waals surface area contributed by atoms with E-state index in [4.69, 9.17) is 9.47 Å². The molecule has 1 N–H and O–H groups in total. The predicted molar refractivity (Wildman–Crippen MR) is 121 cm³/mol. The second-order valence-corrected chi connectivity index (χ2v) is 7.48. The van der Waals surface area contributed by atoms with Crippen LogP contribution in [0.25, 0.3) is 17.0 Å². The van der Waals surface area contributed by atoms with Gasteiger partial charge in [-0.3, -0.25) is 4.79 Å². The second kappa shape index (κ2) is 9.47. The number of ether oxygens (including phenoxy) is 2. The van der Waals surface area contributed by atoms with Crippen LogP contribution in [-0.4, -0.2) is 45.0 Å². The van der Waals surface area contributed by atoms with Crippen molar-refractivity contribution in [3.63, 3.8) is 0 Å². The van der Waals surface area contributed by atoms with Crippen molar-refractivity contribution in [3.05, 3.63) is 71.8 Å². The van der Waals surface area contributed by atoms with Gasteiger partial charge in [0.15, 0.2) is 17.6 Å². The van der Waals surface area contributed by atoms with E-state index >= 15 is 0 Å². The van der Waals surface area contributed by atoms with E-state index in [0.29, 0.717) is 29.6 Å². The Kier molecular flexibility index (Phi) is 6.30. The number of carbonyl (C=O) groups excluding carboxylic acids is 1. The number of rotatable bonds is 8. The van der Waals surface area contributed by atoms with Gasteiger partial charge in [-0.25, -0.2) is 0 Å². The molecule has 1 atom stereocenters. The molecule has 1 amide bonds. The molecule has 0 radical (unpaired) electrons. The normalized spacial score (nSPS) is 11.8. The third-order valence-electron chi connectivity index (χ3n) is 5.08. The maximum Gasteiger partial charge on any atom is 0.260 e. The summed E-state index contributed by atoms with van der Waals surface area (Å²) in [7, 11) is 0. The molecule has 8 nitrogen and oxygen atoms in total. The number of fused-ring (bicyclic) bond motifs is 1. The zero-order valence-electron chi connectivity index (χ0n) is 18.3. The van der Waals surface area contributed by atoms with Gasteiger partial charge < -0.3 is 14.8 Å². The standard InChI is InChI=1S/C24H25N5O3/c1-16-9-10-20(15-17(16)2)32-18(3)24(30)25-13-14-31-22-12-11-21-26-27-23(29(21)28-22)19-7-5-4-6-8-19/h4-12,15,18H,13-14H2,1-3H3,(H,25,30)/t18-/m0/s1. The van der Waals surface area contributed by atoms with Crippen LogP contribution in [0.1, 0.15) is 18.1 Å². The number of aromatic nitrogens is 4. The summed E-state index contributed by atoms with van der Waals surface area (Å²) in [6.45, 7) is 6.36. The topological polar surface area (TPSA) is 90.6 Å². The van der Waals surface area contributed by atoms with Crippen molar-refractivity contribution < 1.29 is 14.3 Å². The predicted octanol–water partition coefficient (Wildman–Crippen LogP) is 3.37. The summed E-state index contributed by atoms with van der Waals surface area (Å²) in [6.07, 6.45) is -0.614. The van der Waals surface area contributed by atoms with E-state index in [2.05, 4.69) is 20.6 Å². The quantitative estimate of drug-likeness (QED) is 0.430. The van der Waals surface area contributed by atoms with Crippen molar-refractivity contribution in [2.45, 2.75) is 26.9 Å². The fourth-order valence-electron chi connectivity index (χ4n) is 3.13. The Balaban J connectivity index is 1.30. The number of carbonyl (C=O) groups is 1. The molecule has 2 aromatic heterocycles. The Morgan fingerprint density at radius 2 is 1.84 bits per heavy atom. The minimum absolute atomic E-state index is 0.208. The number of amides is 1. The van der Waals surface area contributed by atoms with Crippen LogP contribution in [0.5, 0.6) is 11.6 Å². The highest BCUT2D eigenvalue weighted by Crippen LogP contribution is 2.19. The Bertz CT molecular complexity index is 1220. The lowest BCUT2D eigenvalue weighted by Crippen LogP contribution is -2.38. The molecule has 4 aromatic rings. The van der Waals surface area contributed by atoms with Crippen LogP contribution in [0, 0.1) is 13.8 Å². The van der Waals surface area contributed by atoms with Crippen LogP contribution in [0.3, 0.4) is 0 Å². The number of hydrogen-bond acceptors (Lipinski definition) is 6. The van der Waals surface area contributed by atoms with Crippen LogP contribution in [0.2, 0.25) is 0 Å². The van der Waals surface area contributed by atoms with Crippen molar-refractivity contribution in [1.82, 2.24) is 25.1 Å². The Morgan fingerprint density at radius 1 is 1.03 bits per heavy atom. The van der Waals surface area contributed by atoms with Gasteiger partial charge in [-0.05, 0) is 50.1 Å². The largest absolute Gasteiger partial charge is 0.481 e. The van der Waals surface area contributed by atoms with Crippen molar-refractivity contribution >= 4 is 11.6 Å². The first-order chi connectivity index (χ1) is 15.5. The number of benzene rings is 2. The minimum atomic E-state index is -0.614. The number of hydrogen-bond donors (Lipinski definition) is 1. The van der Waals surface area contributed by atoms with Gasteiger partial charge in [-0.1, -0.05) is 36.4 Å². The molecule has 0 aliphatic heterocycles. The molecule has 2 heterocycles. The number of nitrogens with one attached hydrogen (secondary N) is 1. The Morgan fingerprint density at radius 3 is 2.62 bits per heavy atom. The Labute approximate surface area is 186 Å². The average molecular weight is 431 g/mol. The molecule has 32 heavy (non-hydrogen) atoms. The molecule has 0 aliphatic carbocycles. The Hall–Kier alpha value is -3.94. The molecule has 8 heteroatoms. The van der Waals surface area contributed by atoms with Crippen LogP contribution in [-0.2, 0) is 4.79 Å². The highest BCUT2D eigenvalue weighted by Gasteiger charge is 2.15. The summed E-state index contributed by atoms with van der Waals surface area (Å²) in [5.74, 6) is 1.52. The van der Waals surface area contributed by atoms with Gasteiger partial charge in [0.1, 0.15) is 12.4 Å². The van der Waals surface area contributed by atoms with E-state index in [1.54, 1.807) is 23.6 Å². The molecule has 0 fully saturated rings.